The molecule has 1 fully saturated rings. The predicted octanol–water partition coefficient (Wildman–Crippen LogP) is 1.59. The fraction of sp³-hybridized carbons (Fsp3) is 0.727. The van der Waals surface area contributed by atoms with Crippen molar-refractivity contribution >= 4 is 14.0 Å². The van der Waals surface area contributed by atoms with E-state index < -0.39 is 19.8 Å². The number of rotatable bonds is 2. The average Bonchev–Trinajstić information content (AvgIpc) is 2.75. The first-order chi connectivity index (χ1) is 6.78. The number of hydrogen-bond donors (Lipinski definition) is 0. The van der Waals surface area contributed by atoms with Crippen LogP contribution in [0.4, 0.5) is 0 Å². The predicted molar refractivity (Wildman–Crippen MR) is 61.0 cm³/mol. The number of carbonyl (C=O) groups excluding carboxylic acids is 1. The summed E-state index contributed by atoms with van der Waals surface area (Å²) in [4.78, 5) is 11.3. The summed E-state index contributed by atoms with van der Waals surface area (Å²) in [6.07, 6.45) is -0.485. The standard InChI is InChI=1S/C11H18O3Si/c1-6-13-10(12)9-11(2,14-9)7-8-15(3,4)5/h9H,6H2,1-5H3. The van der Waals surface area contributed by atoms with Crippen molar-refractivity contribution in [3.63, 3.8) is 0 Å². The number of hydrogen-bond acceptors (Lipinski definition) is 3. The Morgan fingerprint density at radius 1 is 1.53 bits per heavy atom. The van der Waals surface area contributed by atoms with E-state index in [1.165, 1.54) is 0 Å². The van der Waals surface area contributed by atoms with E-state index in [9.17, 15) is 4.79 Å². The van der Waals surface area contributed by atoms with Gasteiger partial charge in [-0.2, -0.15) is 0 Å². The first kappa shape index (κ1) is 12.3. The zero-order valence-electron chi connectivity index (χ0n) is 10.0. The highest BCUT2D eigenvalue weighted by Gasteiger charge is 2.57. The van der Waals surface area contributed by atoms with Gasteiger partial charge in [-0.3, -0.25) is 0 Å². The van der Waals surface area contributed by atoms with Gasteiger partial charge in [0.05, 0.1) is 6.61 Å². The van der Waals surface area contributed by atoms with Crippen molar-refractivity contribution in [2.24, 2.45) is 0 Å². The van der Waals surface area contributed by atoms with E-state index >= 15 is 0 Å². The van der Waals surface area contributed by atoms with Crippen LogP contribution in [-0.2, 0) is 14.3 Å². The van der Waals surface area contributed by atoms with E-state index in [1.807, 2.05) is 6.92 Å². The molecule has 3 nitrogen and oxygen atoms in total. The molecule has 0 N–H and O–H groups in total. The zero-order chi connectivity index (χ0) is 11.7. The fourth-order valence-corrected chi connectivity index (χ4v) is 1.73. The molecule has 84 valence electrons. The SMILES string of the molecule is CCOC(=O)C1OC1(C)C#C[Si](C)(C)C. The van der Waals surface area contributed by atoms with Crippen LogP contribution in [-0.4, -0.2) is 32.4 Å². The molecule has 1 saturated heterocycles. The van der Waals surface area contributed by atoms with E-state index in [0.717, 1.165) is 0 Å². The summed E-state index contributed by atoms with van der Waals surface area (Å²) in [5, 5.41) is 0. The number of epoxide rings is 1. The van der Waals surface area contributed by atoms with Gasteiger partial charge in [0.1, 0.15) is 8.07 Å². The molecule has 0 aromatic rings. The third-order valence-electron chi connectivity index (χ3n) is 1.99. The monoisotopic (exact) mass is 226 g/mol. The molecule has 15 heavy (non-hydrogen) atoms. The van der Waals surface area contributed by atoms with Crippen molar-refractivity contribution in [3.8, 4) is 11.5 Å². The Kier molecular flexibility index (Phi) is 3.27. The van der Waals surface area contributed by atoms with E-state index in [4.69, 9.17) is 9.47 Å². The molecular formula is C11H18O3Si. The largest absolute Gasteiger partial charge is 0.464 e. The maximum atomic E-state index is 11.3. The van der Waals surface area contributed by atoms with Crippen molar-refractivity contribution in [2.75, 3.05) is 6.61 Å². The topological polar surface area (TPSA) is 38.8 Å². The Morgan fingerprint density at radius 3 is 2.60 bits per heavy atom. The molecule has 1 heterocycles. The minimum Gasteiger partial charge on any atom is -0.464 e. The lowest BCUT2D eigenvalue weighted by Gasteiger charge is -2.04. The molecule has 0 aromatic heterocycles. The highest BCUT2D eigenvalue weighted by atomic mass is 28.3. The molecule has 1 rings (SSSR count). The second kappa shape index (κ2) is 3.99. The van der Waals surface area contributed by atoms with Gasteiger partial charge in [0.2, 0.25) is 0 Å². The van der Waals surface area contributed by atoms with E-state index in [2.05, 4.69) is 31.1 Å². The molecule has 2 unspecified atom stereocenters. The Bertz CT molecular complexity index is 321. The highest BCUT2D eigenvalue weighted by Crippen LogP contribution is 2.36. The first-order valence-corrected chi connectivity index (χ1v) is 8.67. The van der Waals surface area contributed by atoms with E-state index in [1.54, 1.807) is 6.92 Å². The van der Waals surface area contributed by atoms with Gasteiger partial charge in [-0.15, -0.1) is 5.54 Å². The van der Waals surface area contributed by atoms with Crippen LogP contribution >= 0.6 is 0 Å². The summed E-state index contributed by atoms with van der Waals surface area (Å²) in [5.74, 6) is 2.75. The van der Waals surface area contributed by atoms with Crippen molar-refractivity contribution in [1.82, 2.24) is 0 Å². The smallest absolute Gasteiger partial charge is 0.339 e. The maximum Gasteiger partial charge on any atom is 0.339 e. The van der Waals surface area contributed by atoms with Crippen LogP contribution in [0.1, 0.15) is 13.8 Å². The number of ether oxygens (including phenoxy) is 2. The van der Waals surface area contributed by atoms with Crippen LogP contribution in [0.15, 0.2) is 0 Å². The number of carbonyl (C=O) groups is 1. The molecular weight excluding hydrogens is 208 g/mol. The van der Waals surface area contributed by atoms with E-state index in [0.29, 0.717) is 6.61 Å². The van der Waals surface area contributed by atoms with Crippen LogP contribution in [0.2, 0.25) is 19.6 Å². The van der Waals surface area contributed by atoms with Crippen LogP contribution in [0.3, 0.4) is 0 Å². The summed E-state index contributed by atoms with van der Waals surface area (Å²) in [6, 6.07) is 0. The number of esters is 1. The summed E-state index contributed by atoms with van der Waals surface area (Å²) in [6.45, 7) is 10.5. The quantitative estimate of drug-likeness (QED) is 0.311. The molecule has 4 heteroatoms. The molecule has 0 amide bonds. The molecule has 0 saturated carbocycles. The average molecular weight is 226 g/mol. The van der Waals surface area contributed by atoms with Gasteiger partial charge in [-0.25, -0.2) is 4.79 Å². The third kappa shape index (κ3) is 3.36. The minimum atomic E-state index is -1.40. The van der Waals surface area contributed by atoms with Crippen LogP contribution in [0.25, 0.3) is 0 Å². The second-order valence-corrected chi connectivity index (χ2v) is 9.61. The molecule has 0 aliphatic carbocycles. The molecule has 1 aliphatic rings. The van der Waals surface area contributed by atoms with Gasteiger partial charge < -0.3 is 9.47 Å². The van der Waals surface area contributed by atoms with Crippen molar-refractivity contribution in [1.29, 1.82) is 0 Å². The lowest BCUT2D eigenvalue weighted by Crippen LogP contribution is -2.21. The Hall–Kier alpha value is -0.793. The van der Waals surface area contributed by atoms with E-state index in [-0.39, 0.29) is 5.97 Å². The van der Waals surface area contributed by atoms with Crippen molar-refractivity contribution in [2.45, 2.75) is 45.2 Å². The van der Waals surface area contributed by atoms with Gasteiger partial charge in [0.15, 0.2) is 11.7 Å². The molecule has 0 aromatic carbocycles. The van der Waals surface area contributed by atoms with Crippen molar-refractivity contribution in [3.05, 3.63) is 0 Å². The summed E-state index contributed by atoms with van der Waals surface area (Å²) in [5.41, 5.74) is 2.60. The van der Waals surface area contributed by atoms with Gasteiger partial charge in [-0.05, 0) is 13.8 Å². The Labute approximate surface area is 92.2 Å². The fourth-order valence-electron chi connectivity index (χ4n) is 1.11. The maximum absolute atomic E-state index is 11.3. The van der Waals surface area contributed by atoms with Gasteiger partial charge in [-0.1, -0.05) is 25.6 Å². The third-order valence-corrected chi connectivity index (χ3v) is 2.87. The lowest BCUT2D eigenvalue weighted by atomic mass is 10.1. The minimum absolute atomic E-state index is 0.301. The van der Waals surface area contributed by atoms with Crippen molar-refractivity contribution < 1.29 is 14.3 Å². The van der Waals surface area contributed by atoms with Gasteiger partial charge in [0.25, 0.3) is 0 Å². The molecule has 0 spiro atoms. The Morgan fingerprint density at radius 2 is 2.13 bits per heavy atom. The summed E-state index contributed by atoms with van der Waals surface area (Å²) < 4.78 is 10.2. The Balaban J connectivity index is 2.59. The van der Waals surface area contributed by atoms with Crippen LogP contribution in [0, 0.1) is 11.5 Å². The highest BCUT2D eigenvalue weighted by molar-refractivity contribution is 6.83. The summed E-state index contributed by atoms with van der Waals surface area (Å²) >= 11 is 0. The summed E-state index contributed by atoms with van der Waals surface area (Å²) in [7, 11) is -1.40. The first-order valence-electron chi connectivity index (χ1n) is 5.17. The molecule has 0 bridgehead atoms. The van der Waals surface area contributed by atoms with Crippen LogP contribution < -0.4 is 0 Å². The molecule has 1 aliphatic heterocycles. The zero-order valence-corrected chi connectivity index (χ0v) is 11.0. The normalized spacial score (nSPS) is 29.0. The lowest BCUT2D eigenvalue weighted by molar-refractivity contribution is -0.144. The molecule has 0 radical (unpaired) electrons. The van der Waals surface area contributed by atoms with Gasteiger partial charge in [0, 0.05) is 0 Å². The second-order valence-electron chi connectivity index (χ2n) is 4.86. The van der Waals surface area contributed by atoms with Crippen LogP contribution in [0.5, 0.6) is 0 Å². The van der Waals surface area contributed by atoms with Gasteiger partial charge >= 0.3 is 5.97 Å². The molecule has 2 atom stereocenters.